The molecule has 5 heteroatoms. The van der Waals surface area contributed by atoms with Crippen molar-refractivity contribution >= 4 is 11.8 Å². The first kappa shape index (κ1) is 24.0. The fourth-order valence-electron chi connectivity index (χ4n) is 4.06. The number of hydrogen-bond acceptors (Lipinski definition) is 5. The summed E-state index contributed by atoms with van der Waals surface area (Å²) >= 11 is 1.45. The molecule has 4 rings (SSSR count). The minimum absolute atomic E-state index is 0.127. The molecule has 0 aromatic heterocycles. The molecule has 1 heterocycles. The summed E-state index contributed by atoms with van der Waals surface area (Å²) in [6, 6.07) is 30.1. The number of aliphatic hydroxyl groups excluding tert-OH is 1. The molecule has 1 fully saturated rings. The van der Waals surface area contributed by atoms with E-state index in [1.807, 2.05) is 85.8 Å². The zero-order valence-corrected chi connectivity index (χ0v) is 19.9. The summed E-state index contributed by atoms with van der Waals surface area (Å²) in [5.41, 5.74) is 1.45. The van der Waals surface area contributed by atoms with E-state index in [1.165, 1.54) is 11.8 Å². The predicted molar refractivity (Wildman–Crippen MR) is 132 cm³/mol. The molecule has 33 heavy (non-hydrogen) atoms. The van der Waals surface area contributed by atoms with Gasteiger partial charge >= 0.3 is 0 Å². The van der Waals surface area contributed by atoms with E-state index in [1.54, 1.807) is 0 Å². The lowest BCUT2D eigenvalue weighted by Crippen LogP contribution is -2.48. The Labute approximate surface area is 200 Å². The number of benzene rings is 3. The van der Waals surface area contributed by atoms with E-state index in [0.29, 0.717) is 13.2 Å². The third-order valence-corrected chi connectivity index (χ3v) is 7.22. The van der Waals surface area contributed by atoms with Gasteiger partial charge in [0, 0.05) is 22.3 Å². The van der Waals surface area contributed by atoms with Gasteiger partial charge in [0.05, 0.1) is 25.4 Å². The van der Waals surface area contributed by atoms with E-state index in [-0.39, 0.29) is 24.0 Å². The van der Waals surface area contributed by atoms with Crippen LogP contribution < -0.4 is 0 Å². The van der Waals surface area contributed by atoms with Crippen LogP contribution >= 0.6 is 11.8 Å². The maximum atomic E-state index is 11.1. The topological polar surface area (TPSA) is 47.9 Å². The molecule has 1 aliphatic rings. The Morgan fingerprint density at radius 2 is 1.55 bits per heavy atom. The molecule has 1 N–H and O–H groups in total. The Hall–Kier alpha value is -2.15. The summed E-state index contributed by atoms with van der Waals surface area (Å²) in [5, 5.41) is 11.1. The van der Waals surface area contributed by atoms with Crippen LogP contribution in [0, 0.1) is 11.8 Å². The van der Waals surface area contributed by atoms with Gasteiger partial charge in [-0.3, -0.25) is 0 Å². The SMILES string of the molecule is CC1COC(c2ccccc2)O[C@H]1C(OCc1ccccc1)C(C)[C@@H](O)Sc1ccccc1. The van der Waals surface area contributed by atoms with Crippen molar-refractivity contribution in [2.24, 2.45) is 11.8 Å². The zero-order chi connectivity index (χ0) is 23.0. The second kappa shape index (κ2) is 11.8. The van der Waals surface area contributed by atoms with Gasteiger partial charge in [-0.05, 0) is 17.7 Å². The molecule has 0 bridgehead atoms. The largest absolute Gasteiger partial charge is 0.382 e. The zero-order valence-electron chi connectivity index (χ0n) is 19.1. The summed E-state index contributed by atoms with van der Waals surface area (Å²) in [5.74, 6) is -0.0389. The second-order valence-electron chi connectivity index (χ2n) is 8.60. The number of hydrogen-bond donors (Lipinski definition) is 1. The number of ether oxygens (including phenoxy) is 3. The normalized spacial score (nSPS) is 23.5. The van der Waals surface area contributed by atoms with E-state index in [4.69, 9.17) is 14.2 Å². The van der Waals surface area contributed by atoms with E-state index in [2.05, 4.69) is 19.1 Å². The Balaban J connectivity index is 1.53. The molecule has 0 saturated carbocycles. The maximum absolute atomic E-state index is 11.1. The van der Waals surface area contributed by atoms with Crippen LogP contribution in [0.4, 0.5) is 0 Å². The smallest absolute Gasteiger partial charge is 0.184 e. The van der Waals surface area contributed by atoms with E-state index < -0.39 is 11.7 Å². The van der Waals surface area contributed by atoms with Crippen molar-refractivity contribution in [2.75, 3.05) is 6.61 Å². The molecule has 3 aromatic rings. The predicted octanol–water partition coefficient (Wildman–Crippen LogP) is 6.07. The number of rotatable bonds is 9. The first-order valence-corrected chi connectivity index (χ1v) is 12.4. The van der Waals surface area contributed by atoms with Crippen molar-refractivity contribution < 1.29 is 19.3 Å². The first-order valence-electron chi connectivity index (χ1n) is 11.5. The molecule has 0 amide bonds. The first-order chi connectivity index (χ1) is 16.1. The Kier molecular flexibility index (Phi) is 8.59. The van der Waals surface area contributed by atoms with Gasteiger partial charge in [0.2, 0.25) is 0 Å². The van der Waals surface area contributed by atoms with Crippen LogP contribution in [-0.2, 0) is 20.8 Å². The van der Waals surface area contributed by atoms with Crippen LogP contribution in [-0.4, -0.2) is 29.4 Å². The highest BCUT2D eigenvalue weighted by atomic mass is 32.2. The van der Waals surface area contributed by atoms with Gasteiger partial charge in [-0.1, -0.05) is 104 Å². The highest BCUT2D eigenvalue weighted by Gasteiger charge is 2.41. The van der Waals surface area contributed by atoms with Crippen molar-refractivity contribution in [3.8, 4) is 0 Å². The van der Waals surface area contributed by atoms with Crippen LogP contribution in [0.1, 0.15) is 31.3 Å². The molecule has 0 spiro atoms. The van der Waals surface area contributed by atoms with E-state index in [9.17, 15) is 5.11 Å². The molecule has 174 valence electrons. The van der Waals surface area contributed by atoms with Gasteiger partial charge in [0.25, 0.3) is 0 Å². The summed E-state index contributed by atoms with van der Waals surface area (Å²) in [6.45, 7) is 5.19. The van der Waals surface area contributed by atoms with Crippen molar-refractivity contribution in [1.29, 1.82) is 0 Å². The molecule has 0 radical (unpaired) electrons. The van der Waals surface area contributed by atoms with E-state index in [0.717, 1.165) is 16.0 Å². The van der Waals surface area contributed by atoms with Gasteiger partial charge in [0.1, 0.15) is 5.44 Å². The highest BCUT2D eigenvalue weighted by Crippen LogP contribution is 2.37. The lowest BCUT2D eigenvalue weighted by molar-refractivity contribution is -0.271. The summed E-state index contributed by atoms with van der Waals surface area (Å²) in [7, 11) is 0. The molecule has 3 aromatic carbocycles. The molecule has 1 saturated heterocycles. The lowest BCUT2D eigenvalue weighted by atomic mass is 9.91. The van der Waals surface area contributed by atoms with Crippen molar-refractivity contribution in [3.63, 3.8) is 0 Å². The Morgan fingerprint density at radius 1 is 0.939 bits per heavy atom. The van der Waals surface area contributed by atoms with E-state index >= 15 is 0 Å². The highest BCUT2D eigenvalue weighted by molar-refractivity contribution is 7.99. The Morgan fingerprint density at radius 3 is 2.21 bits per heavy atom. The third-order valence-electron chi connectivity index (χ3n) is 6.00. The van der Waals surface area contributed by atoms with Crippen molar-refractivity contribution in [3.05, 3.63) is 102 Å². The van der Waals surface area contributed by atoms with Crippen molar-refractivity contribution in [2.45, 2.75) is 49.3 Å². The molecular weight excluding hydrogens is 432 g/mol. The van der Waals surface area contributed by atoms with Gasteiger partial charge in [-0.2, -0.15) is 0 Å². The fourth-order valence-corrected chi connectivity index (χ4v) is 5.02. The molecule has 6 atom stereocenters. The molecule has 1 aliphatic heterocycles. The quantitative estimate of drug-likeness (QED) is 0.308. The summed E-state index contributed by atoms with van der Waals surface area (Å²) in [6.07, 6.45) is -0.962. The van der Waals surface area contributed by atoms with Crippen molar-refractivity contribution in [1.82, 2.24) is 0 Å². The maximum Gasteiger partial charge on any atom is 0.184 e. The summed E-state index contributed by atoms with van der Waals surface area (Å²) in [4.78, 5) is 1.03. The van der Waals surface area contributed by atoms with Crippen LogP contribution in [0.15, 0.2) is 95.9 Å². The van der Waals surface area contributed by atoms with Crippen LogP contribution in [0.2, 0.25) is 0 Å². The standard InChI is InChI=1S/C28H32O4S/c1-20-18-31-28(23-14-8-4-9-15-23)32-25(20)26(30-19-22-12-6-3-7-13-22)21(2)27(29)33-24-16-10-5-11-17-24/h3-17,20-21,25-29H,18-19H2,1-2H3/t20?,21?,25-,26?,27+,28?/m1/s1. The van der Waals surface area contributed by atoms with Gasteiger partial charge in [-0.15, -0.1) is 0 Å². The third kappa shape index (κ3) is 6.46. The van der Waals surface area contributed by atoms with Gasteiger partial charge in [-0.25, -0.2) is 0 Å². The number of thioether (sulfide) groups is 1. The van der Waals surface area contributed by atoms with Crippen LogP contribution in [0.3, 0.4) is 0 Å². The average molecular weight is 465 g/mol. The fraction of sp³-hybridized carbons (Fsp3) is 0.357. The molecule has 4 nitrogen and oxygen atoms in total. The molecular formula is C28H32O4S. The molecule has 0 aliphatic carbocycles. The molecule has 4 unspecified atom stereocenters. The van der Waals surface area contributed by atoms with Crippen LogP contribution in [0.25, 0.3) is 0 Å². The monoisotopic (exact) mass is 464 g/mol. The second-order valence-corrected chi connectivity index (χ2v) is 9.79. The van der Waals surface area contributed by atoms with Crippen LogP contribution in [0.5, 0.6) is 0 Å². The Bertz CT molecular complexity index is 953. The minimum atomic E-state index is -0.637. The minimum Gasteiger partial charge on any atom is -0.382 e. The summed E-state index contributed by atoms with van der Waals surface area (Å²) < 4.78 is 19.0. The average Bonchev–Trinajstić information content (AvgIpc) is 2.86. The lowest BCUT2D eigenvalue weighted by Gasteiger charge is -2.42. The van der Waals surface area contributed by atoms with Gasteiger partial charge in [0.15, 0.2) is 6.29 Å². The van der Waals surface area contributed by atoms with Gasteiger partial charge < -0.3 is 19.3 Å². The number of aliphatic hydroxyl groups is 1.